The van der Waals surface area contributed by atoms with Crippen molar-refractivity contribution in [2.75, 3.05) is 0 Å². The van der Waals surface area contributed by atoms with E-state index in [1.165, 1.54) is 6.07 Å². The van der Waals surface area contributed by atoms with Crippen molar-refractivity contribution in [3.8, 4) is 5.75 Å². The van der Waals surface area contributed by atoms with Crippen molar-refractivity contribution in [3.05, 3.63) is 68.2 Å². The van der Waals surface area contributed by atoms with E-state index in [1.54, 1.807) is 19.1 Å². The van der Waals surface area contributed by atoms with E-state index in [2.05, 4.69) is 15.9 Å². The van der Waals surface area contributed by atoms with Gasteiger partial charge in [0.15, 0.2) is 0 Å². The second-order valence-electron chi connectivity index (χ2n) is 4.12. The molecule has 0 aliphatic rings. The van der Waals surface area contributed by atoms with Crippen molar-refractivity contribution in [1.82, 2.24) is 0 Å². The lowest BCUT2D eigenvalue weighted by Gasteiger charge is -2.07. The van der Waals surface area contributed by atoms with Crippen LogP contribution in [0.3, 0.4) is 0 Å². The van der Waals surface area contributed by atoms with Gasteiger partial charge in [-0.25, -0.2) is 0 Å². The molecule has 0 atom stereocenters. The lowest BCUT2D eigenvalue weighted by molar-refractivity contribution is -0.385. The summed E-state index contributed by atoms with van der Waals surface area (Å²) < 4.78 is 6.63. The fraction of sp³-hybridized carbons (Fsp3) is 0.143. The summed E-state index contributed by atoms with van der Waals surface area (Å²) in [5.41, 5.74) is 1.74. The molecule has 0 spiro atoms. The Morgan fingerprint density at radius 3 is 2.47 bits per heavy atom. The maximum absolute atomic E-state index is 10.7. The fourth-order valence-corrected chi connectivity index (χ4v) is 1.93. The summed E-state index contributed by atoms with van der Waals surface area (Å²) in [7, 11) is 0. The van der Waals surface area contributed by atoms with E-state index < -0.39 is 4.92 Å². The standard InChI is InChI=1S/C14H12BrNO3/c1-10-8-13(6-7-14(10)16(17)18)19-9-11-2-4-12(15)5-3-11/h2-8H,9H2,1H3. The van der Waals surface area contributed by atoms with Crippen LogP contribution in [0.2, 0.25) is 0 Å². The first kappa shape index (κ1) is 13.5. The number of hydrogen-bond donors (Lipinski definition) is 0. The van der Waals surface area contributed by atoms with E-state index in [9.17, 15) is 10.1 Å². The van der Waals surface area contributed by atoms with Crippen LogP contribution >= 0.6 is 15.9 Å². The molecule has 0 aliphatic carbocycles. The molecule has 2 aromatic carbocycles. The van der Waals surface area contributed by atoms with Crippen LogP contribution in [0, 0.1) is 17.0 Å². The second kappa shape index (κ2) is 5.84. The number of hydrogen-bond acceptors (Lipinski definition) is 3. The number of nitrogens with zero attached hydrogens (tertiary/aromatic N) is 1. The lowest BCUT2D eigenvalue weighted by atomic mass is 10.2. The van der Waals surface area contributed by atoms with Crippen LogP contribution in [0.25, 0.3) is 0 Å². The summed E-state index contributed by atoms with van der Waals surface area (Å²) in [6, 6.07) is 12.6. The summed E-state index contributed by atoms with van der Waals surface area (Å²) in [4.78, 5) is 10.3. The van der Waals surface area contributed by atoms with Crippen molar-refractivity contribution >= 4 is 21.6 Å². The van der Waals surface area contributed by atoms with Gasteiger partial charge >= 0.3 is 0 Å². The number of rotatable bonds is 4. The second-order valence-corrected chi connectivity index (χ2v) is 5.04. The molecule has 2 aromatic rings. The highest BCUT2D eigenvalue weighted by atomic mass is 79.9. The van der Waals surface area contributed by atoms with Gasteiger partial charge in [-0.3, -0.25) is 10.1 Å². The highest BCUT2D eigenvalue weighted by molar-refractivity contribution is 9.10. The average Bonchev–Trinajstić information content (AvgIpc) is 2.37. The summed E-state index contributed by atoms with van der Waals surface area (Å²) in [6.45, 7) is 2.13. The Kier molecular flexibility index (Phi) is 4.16. The third-order valence-electron chi connectivity index (χ3n) is 2.68. The molecule has 0 unspecified atom stereocenters. The van der Waals surface area contributed by atoms with Crippen molar-refractivity contribution in [1.29, 1.82) is 0 Å². The van der Waals surface area contributed by atoms with Crippen LogP contribution in [0.5, 0.6) is 5.75 Å². The van der Waals surface area contributed by atoms with Gasteiger partial charge in [0, 0.05) is 16.1 Å². The van der Waals surface area contributed by atoms with Gasteiger partial charge < -0.3 is 4.74 Å². The molecule has 0 heterocycles. The molecule has 19 heavy (non-hydrogen) atoms. The molecule has 0 N–H and O–H groups in total. The molecule has 0 amide bonds. The van der Waals surface area contributed by atoms with Gasteiger partial charge in [0.05, 0.1) is 4.92 Å². The van der Waals surface area contributed by atoms with Crippen LogP contribution in [0.1, 0.15) is 11.1 Å². The first-order valence-corrected chi connectivity index (χ1v) is 6.48. The SMILES string of the molecule is Cc1cc(OCc2ccc(Br)cc2)ccc1[N+](=O)[O-]. The molecule has 0 aliphatic heterocycles. The van der Waals surface area contributed by atoms with Gasteiger partial charge in [-0.1, -0.05) is 28.1 Å². The van der Waals surface area contributed by atoms with Crippen molar-refractivity contribution < 1.29 is 9.66 Å². The summed E-state index contributed by atoms with van der Waals surface area (Å²) >= 11 is 3.37. The molecule has 5 heteroatoms. The Labute approximate surface area is 119 Å². The molecule has 0 saturated heterocycles. The number of nitro groups is 1. The molecule has 0 aromatic heterocycles. The largest absolute Gasteiger partial charge is 0.489 e. The van der Waals surface area contributed by atoms with Gasteiger partial charge in [-0.2, -0.15) is 0 Å². The van der Waals surface area contributed by atoms with Gasteiger partial charge in [0.2, 0.25) is 0 Å². The topological polar surface area (TPSA) is 52.4 Å². The van der Waals surface area contributed by atoms with E-state index in [-0.39, 0.29) is 5.69 Å². The number of aryl methyl sites for hydroxylation is 1. The molecule has 0 radical (unpaired) electrons. The minimum Gasteiger partial charge on any atom is -0.489 e. The van der Waals surface area contributed by atoms with Crippen LogP contribution in [0.15, 0.2) is 46.9 Å². The zero-order valence-corrected chi connectivity index (χ0v) is 11.9. The molecule has 0 bridgehead atoms. The Morgan fingerprint density at radius 2 is 1.89 bits per heavy atom. The molecule has 0 fully saturated rings. The molecular weight excluding hydrogens is 310 g/mol. The van der Waals surface area contributed by atoms with E-state index in [0.29, 0.717) is 17.9 Å². The zero-order chi connectivity index (χ0) is 13.8. The Morgan fingerprint density at radius 1 is 1.21 bits per heavy atom. The van der Waals surface area contributed by atoms with Crippen LogP contribution < -0.4 is 4.74 Å². The number of benzene rings is 2. The monoisotopic (exact) mass is 321 g/mol. The Bertz CT molecular complexity index is 596. The molecule has 0 saturated carbocycles. The molecule has 2 rings (SSSR count). The van der Waals surface area contributed by atoms with E-state index in [1.807, 2.05) is 24.3 Å². The minimum absolute atomic E-state index is 0.107. The highest BCUT2D eigenvalue weighted by Gasteiger charge is 2.10. The smallest absolute Gasteiger partial charge is 0.272 e. The first-order chi connectivity index (χ1) is 9.06. The highest BCUT2D eigenvalue weighted by Crippen LogP contribution is 2.23. The number of halogens is 1. The van der Waals surface area contributed by atoms with E-state index in [4.69, 9.17) is 4.74 Å². The van der Waals surface area contributed by atoms with E-state index >= 15 is 0 Å². The van der Waals surface area contributed by atoms with Gasteiger partial charge in [0.25, 0.3) is 5.69 Å². The molecular formula is C14H12BrNO3. The molecule has 98 valence electrons. The normalized spacial score (nSPS) is 10.2. The lowest BCUT2D eigenvalue weighted by Crippen LogP contribution is -1.97. The Balaban J connectivity index is 2.06. The minimum atomic E-state index is -0.395. The fourth-order valence-electron chi connectivity index (χ4n) is 1.67. The predicted molar refractivity (Wildman–Crippen MR) is 76.3 cm³/mol. The first-order valence-electron chi connectivity index (χ1n) is 5.68. The van der Waals surface area contributed by atoms with Crippen molar-refractivity contribution in [2.24, 2.45) is 0 Å². The van der Waals surface area contributed by atoms with Crippen LogP contribution in [-0.2, 0) is 6.61 Å². The third kappa shape index (κ3) is 3.54. The van der Waals surface area contributed by atoms with Gasteiger partial charge in [0.1, 0.15) is 12.4 Å². The quantitative estimate of drug-likeness (QED) is 0.625. The molecule has 4 nitrogen and oxygen atoms in total. The van der Waals surface area contributed by atoms with Crippen LogP contribution in [0.4, 0.5) is 5.69 Å². The van der Waals surface area contributed by atoms with Crippen LogP contribution in [-0.4, -0.2) is 4.92 Å². The van der Waals surface area contributed by atoms with E-state index in [0.717, 1.165) is 10.0 Å². The zero-order valence-electron chi connectivity index (χ0n) is 10.3. The van der Waals surface area contributed by atoms with Gasteiger partial charge in [-0.05, 0) is 36.8 Å². The predicted octanol–water partition coefficient (Wildman–Crippen LogP) is 4.24. The maximum Gasteiger partial charge on any atom is 0.272 e. The average molecular weight is 322 g/mol. The Hall–Kier alpha value is -1.88. The summed E-state index contributed by atoms with van der Waals surface area (Å²) in [5, 5.41) is 10.7. The van der Waals surface area contributed by atoms with Crippen molar-refractivity contribution in [3.63, 3.8) is 0 Å². The summed E-state index contributed by atoms with van der Waals surface area (Å²) in [5.74, 6) is 0.631. The van der Waals surface area contributed by atoms with Gasteiger partial charge in [-0.15, -0.1) is 0 Å². The van der Waals surface area contributed by atoms with Crippen molar-refractivity contribution in [2.45, 2.75) is 13.5 Å². The summed E-state index contributed by atoms with van der Waals surface area (Å²) in [6.07, 6.45) is 0. The maximum atomic E-state index is 10.7. The number of ether oxygens (including phenoxy) is 1. The number of nitro benzene ring substituents is 1. The third-order valence-corrected chi connectivity index (χ3v) is 3.21.